The molecule has 4 rings (SSSR count). The molecule has 2 aromatic rings. The molecule has 1 fully saturated rings. The smallest absolute Gasteiger partial charge is 0.101 e. The molecule has 2 aliphatic heterocycles. The summed E-state index contributed by atoms with van der Waals surface area (Å²) in [5.74, 6) is 0. The number of fused-ring (bicyclic) bond motifs is 2. The minimum absolute atomic E-state index is 0.276. The Hall–Kier alpha value is -2.48. The lowest BCUT2D eigenvalue weighted by molar-refractivity contribution is -0.0402. The van der Waals surface area contributed by atoms with E-state index in [0.717, 1.165) is 31.7 Å². The summed E-state index contributed by atoms with van der Waals surface area (Å²) in [5.41, 5.74) is 4.29. The third-order valence-corrected chi connectivity index (χ3v) is 4.79. The van der Waals surface area contributed by atoms with E-state index in [1.807, 2.05) is 12.3 Å². The van der Waals surface area contributed by atoms with Crippen LogP contribution in [0.2, 0.25) is 0 Å². The molecule has 3 heterocycles. The molecule has 0 radical (unpaired) electrons. The Labute approximate surface area is 142 Å². The average Bonchev–Trinajstić information content (AvgIpc) is 2.62. The lowest BCUT2D eigenvalue weighted by Gasteiger charge is -2.44. The van der Waals surface area contributed by atoms with E-state index in [9.17, 15) is 0 Å². The van der Waals surface area contributed by atoms with E-state index in [0.29, 0.717) is 11.6 Å². The first-order chi connectivity index (χ1) is 11.8. The second-order valence-electron chi connectivity index (χ2n) is 6.39. The van der Waals surface area contributed by atoms with Crippen molar-refractivity contribution in [2.75, 3.05) is 13.2 Å². The van der Waals surface area contributed by atoms with Gasteiger partial charge in [-0.25, -0.2) is 0 Å². The lowest BCUT2D eigenvalue weighted by Crippen LogP contribution is -2.53. The van der Waals surface area contributed by atoms with Crippen LogP contribution < -0.4 is 0 Å². The molecular weight excluding hydrogens is 298 g/mol. The average molecular weight is 317 g/mol. The van der Waals surface area contributed by atoms with E-state index in [1.54, 1.807) is 6.20 Å². The molecule has 0 N–H and O–H groups in total. The van der Waals surface area contributed by atoms with E-state index >= 15 is 0 Å². The number of nitriles is 1. The van der Waals surface area contributed by atoms with Crippen LogP contribution in [0.3, 0.4) is 0 Å². The highest BCUT2D eigenvalue weighted by Gasteiger charge is 2.34. The van der Waals surface area contributed by atoms with Gasteiger partial charge in [0.15, 0.2) is 0 Å². The largest absolute Gasteiger partial charge is 0.378 e. The molecule has 2 aliphatic rings. The van der Waals surface area contributed by atoms with E-state index < -0.39 is 0 Å². The highest BCUT2D eigenvalue weighted by molar-refractivity contribution is 5.68. The third-order valence-electron chi connectivity index (χ3n) is 4.79. The Morgan fingerprint density at radius 1 is 1.21 bits per heavy atom. The Balaban J connectivity index is 1.61. The molecule has 24 heavy (non-hydrogen) atoms. The van der Waals surface area contributed by atoms with Gasteiger partial charge in [0.2, 0.25) is 0 Å². The summed E-state index contributed by atoms with van der Waals surface area (Å²) in [6.07, 6.45) is 6.69. The Bertz CT molecular complexity index is 794. The molecule has 4 nitrogen and oxygen atoms in total. The normalized spacial score (nSPS) is 23.4. The molecule has 0 saturated carbocycles. The summed E-state index contributed by atoms with van der Waals surface area (Å²) in [4.78, 5) is 6.73. The summed E-state index contributed by atoms with van der Waals surface area (Å²) in [5, 5.41) is 9.09. The topological polar surface area (TPSA) is 49.1 Å². The van der Waals surface area contributed by atoms with Crippen molar-refractivity contribution in [3.63, 3.8) is 0 Å². The molecule has 0 spiro atoms. The number of ether oxygens (including phenoxy) is 1. The van der Waals surface area contributed by atoms with E-state index in [-0.39, 0.29) is 6.04 Å². The monoisotopic (exact) mass is 317 g/mol. The number of benzene rings is 1. The van der Waals surface area contributed by atoms with Crippen LogP contribution in [0.5, 0.6) is 0 Å². The summed E-state index contributed by atoms with van der Waals surface area (Å²) in [7, 11) is 0. The lowest BCUT2D eigenvalue weighted by atomic mass is 9.89. The summed E-state index contributed by atoms with van der Waals surface area (Å²) < 4.78 is 5.78. The van der Waals surface area contributed by atoms with Crippen LogP contribution in [-0.2, 0) is 11.3 Å². The molecule has 120 valence electrons. The maximum Gasteiger partial charge on any atom is 0.101 e. The van der Waals surface area contributed by atoms with Gasteiger partial charge in [0, 0.05) is 25.0 Å². The molecule has 2 bridgehead atoms. The van der Waals surface area contributed by atoms with Gasteiger partial charge >= 0.3 is 0 Å². The predicted molar refractivity (Wildman–Crippen MR) is 91.9 cm³/mol. The summed E-state index contributed by atoms with van der Waals surface area (Å²) in [6, 6.07) is 15.3. The van der Waals surface area contributed by atoms with Crippen LogP contribution in [-0.4, -0.2) is 35.2 Å². The van der Waals surface area contributed by atoms with Gasteiger partial charge in [0.1, 0.15) is 6.07 Å². The predicted octanol–water partition coefficient (Wildman–Crippen LogP) is 3.01. The van der Waals surface area contributed by atoms with Crippen molar-refractivity contribution in [3.8, 4) is 6.07 Å². The Morgan fingerprint density at radius 2 is 2.08 bits per heavy atom. The molecule has 0 amide bonds. The first kappa shape index (κ1) is 15.1. The number of aromatic nitrogens is 1. The van der Waals surface area contributed by atoms with Crippen molar-refractivity contribution >= 4 is 5.57 Å². The van der Waals surface area contributed by atoms with Crippen LogP contribution in [0.1, 0.15) is 23.1 Å². The minimum atomic E-state index is 0.276. The molecule has 1 aromatic heterocycles. The van der Waals surface area contributed by atoms with Crippen molar-refractivity contribution in [2.45, 2.75) is 25.0 Å². The molecular formula is C20H19N3O. The van der Waals surface area contributed by atoms with Crippen LogP contribution in [0.25, 0.3) is 5.57 Å². The van der Waals surface area contributed by atoms with Gasteiger partial charge in [0.05, 0.1) is 24.8 Å². The number of hydrogen-bond acceptors (Lipinski definition) is 4. The first-order valence-electron chi connectivity index (χ1n) is 8.27. The van der Waals surface area contributed by atoms with Crippen LogP contribution >= 0.6 is 0 Å². The molecule has 4 heteroatoms. The van der Waals surface area contributed by atoms with Gasteiger partial charge < -0.3 is 4.74 Å². The fourth-order valence-corrected chi connectivity index (χ4v) is 3.59. The van der Waals surface area contributed by atoms with E-state index in [4.69, 9.17) is 10.00 Å². The fourth-order valence-electron chi connectivity index (χ4n) is 3.59. The fraction of sp³-hybridized carbons (Fsp3) is 0.300. The number of pyridine rings is 1. The van der Waals surface area contributed by atoms with Gasteiger partial charge in [-0.1, -0.05) is 36.4 Å². The van der Waals surface area contributed by atoms with Crippen LogP contribution in [0.4, 0.5) is 0 Å². The van der Waals surface area contributed by atoms with Gasteiger partial charge in [-0.2, -0.15) is 5.26 Å². The first-order valence-corrected chi connectivity index (χ1v) is 8.27. The standard InChI is InChI=1S/C20H19N3O/c21-9-16-6-18(11-22-10-16)17-7-19-13-24-14-20(8-17)23(19)12-15-4-2-1-3-5-15/h1-7,10-11,19-20H,8,12-14H2. The minimum Gasteiger partial charge on any atom is -0.378 e. The number of hydrogen-bond donors (Lipinski definition) is 0. The Morgan fingerprint density at radius 3 is 2.88 bits per heavy atom. The van der Waals surface area contributed by atoms with Crippen LogP contribution in [0, 0.1) is 11.3 Å². The number of rotatable bonds is 3. The second-order valence-corrected chi connectivity index (χ2v) is 6.39. The van der Waals surface area contributed by atoms with Gasteiger partial charge in [-0.05, 0) is 29.2 Å². The summed E-state index contributed by atoms with van der Waals surface area (Å²) >= 11 is 0. The number of morpholine rings is 1. The zero-order valence-corrected chi connectivity index (χ0v) is 13.4. The van der Waals surface area contributed by atoms with Gasteiger partial charge in [-0.3, -0.25) is 9.88 Å². The van der Waals surface area contributed by atoms with E-state index in [2.05, 4.69) is 52.4 Å². The molecule has 0 aliphatic carbocycles. The third kappa shape index (κ3) is 2.96. The van der Waals surface area contributed by atoms with Crippen molar-refractivity contribution < 1.29 is 4.74 Å². The molecule has 2 atom stereocenters. The van der Waals surface area contributed by atoms with Crippen molar-refractivity contribution in [1.29, 1.82) is 5.26 Å². The van der Waals surface area contributed by atoms with Crippen molar-refractivity contribution in [2.24, 2.45) is 0 Å². The maximum atomic E-state index is 9.09. The molecule has 1 saturated heterocycles. The van der Waals surface area contributed by atoms with Crippen molar-refractivity contribution in [1.82, 2.24) is 9.88 Å². The quantitative estimate of drug-likeness (QED) is 0.873. The highest BCUT2D eigenvalue weighted by atomic mass is 16.5. The SMILES string of the molecule is N#Cc1cncc(C2=CC3COCC(C2)N3Cc2ccccc2)c1. The van der Waals surface area contributed by atoms with Crippen molar-refractivity contribution in [3.05, 3.63) is 71.6 Å². The Kier molecular flexibility index (Phi) is 4.12. The van der Waals surface area contributed by atoms with E-state index in [1.165, 1.54) is 11.1 Å². The van der Waals surface area contributed by atoms with Gasteiger partial charge in [-0.15, -0.1) is 0 Å². The number of nitrogens with zero attached hydrogens (tertiary/aromatic N) is 3. The maximum absolute atomic E-state index is 9.09. The molecule has 1 aromatic carbocycles. The highest BCUT2D eigenvalue weighted by Crippen LogP contribution is 2.33. The zero-order valence-electron chi connectivity index (χ0n) is 13.4. The summed E-state index contributed by atoms with van der Waals surface area (Å²) in [6.45, 7) is 2.42. The second kappa shape index (κ2) is 6.56. The van der Waals surface area contributed by atoms with Crippen LogP contribution in [0.15, 0.2) is 54.9 Å². The zero-order chi connectivity index (χ0) is 16.4. The molecule has 2 unspecified atom stereocenters. The van der Waals surface area contributed by atoms with Gasteiger partial charge in [0.25, 0.3) is 0 Å².